The van der Waals surface area contributed by atoms with Gasteiger partial charge in [-0.3, -0.25) is 15.2 Å². The fourth-order valence-corrected chi connectivity index (χ4v) is 3.44. The molecule has 32 heavy (non-hydrogen) atoms. The zero-order valence-electron chi connectivity index (χ0n) is 17.0. The largest absolute Gasteiger partial charge is 0.481 e. The quantitative estimate of drug-likeness (QED) is 0.174. The third-order valence-corrected chi connectivity index (χ3v) is 4.99. The molecule has 0 aliphatic carbocycles. The zero-order valence-corrected chi connectivity index (χ0v) is 17.0. The Morgan fingerprint density at radius 2 is 1.88 bits per heavy atom. The van der Waals surface area contributed by atoms with Crippen molar-refractivity contribution in [2.45, 2.75) is 6.42 Å². The van der Waals surface area contributed by atoms with Crippen molar-refractivity contribution in [2.75, 3.05) is 18.4 Å². The lowest BCUT2D eigenvalue weighted by atomic mass is 9.99. The summed E-state index contributed by atoms with van der Waals surface area (Å²) in [4.78, 5) is 28.4. The first kappa shape index (κ1) is 20.9. The molecule has 0 atom stereocenters. The van der Waals surface area contributed by atoms with E-state index in [0.717, 1.165) is 12.2 Å². The lowest BCUT2D eigenvalue weighted by Crippen LogP contribution is -2.26. The standard InChI is InChI=1S/C23H21N5O4/c24-21(25)15-3-7-17-14(11-15)4-8-19(18(17)12-20(29)30)32-22(31)13-1-5-16(6-2-13)28-23-26-9-10-27-23/h1-8,11H,9-10,12H2,(H3,24,25)(H,29,30)(H2,26,27,28). The minimum Gasteiger partial charge on any atom is -0.481 e. The summed E-state index contributed by atoms with van der Waals surface area (Å²) in [5.74, 6) is -0.880. The molecular formula is C23H21N5O4. The van der Waals surface area contributed by atoms with Crippen LogP contribution < -0.4 is 21.1 Å². The third-order valence-electron chi connectivity index (χ3n) is 4.99. The molecule has 162 valence electrons. The molecule has 9 nitrogen and oxygen atoms in total. The second-order valence-electron chi connectivity index (χ2n) is 7.21. The van der Waals surface area contributed by atoms with Crippen molar-refractivity contribution in [1.82, 2.24) is 5.32 Å². The van der Waals surface area contributed by atoms with E-state index in [1.54, 1.807) is 54.6 Å². The Bertz CT molecular complexity index is 1250. The maximum atomic E-state index is 12.7. The number of fused-ring (bicyclic) bond motifs is 1. The minimum absolute atomic E-state index is 0.0871. The first-order chi connectivity index (χ1) is 15.4. The van der Waals surface area contributed by atoms with Gasteiger partial charge in [0.05, 0.1) is 18.5 Å². The van der Waals surface area contributed by atoms with Crippen LogP contribution in [0.25, 0.3) is 10.8 Å². The Hall–Kier alpha value is -4.40. The average Bonchev–Trinajstić information content (AvgIpc) is 3.28. The number of hydrogen-bond donors (Lipinski definition) is 5. The van der Waals surface area contributed by atoms with E-state index < -0.39 is 11.9 Å². The molecule has 3 aromatic rings. The number of carboxylic acids is 1. The Morgan fingerprint density at radius 1 is 1.12 bits per heavy atom. The minimum atomic E-state index is -1.05. The maximum Gasteiger partial charge on any atom is 0.343 e. The van der Waals surface area contributed by atoms with Gasteiger partial charge in [-0.05, 0) is 47.2 Å². The molecule has 1 heterocycles. The molecule has 9 heteroatoms. The van der Waals surface area contributed by atoms with E-state index in [1.807, 2.05) is 0 Å². The summed E-state index contributed by atoms with van der Waals surface area (Å²) in [6.45, 7) is 1.50. The van der Waals surface area contributed by atoms with Crippen LogP contribution >= 0.6 is 0 Å². The number of benzene rings is 3. The zero-order chi connectivity index (χ0) is 22.7. The van der Waals surface area contributed by atoms with Crippen molar-refractivity contribution in [3.05, 3.63) is 71.3 Å². The van der Waals surface area contributed by atoms with Gasteiger partial charge in [0.25, 0.3) is 0 Å². The van der Waals surface area contributed by atoms with E-state index in [2.05, 4.69) is 15.6 Å². The van der Waals surface area contributed by atoms with Crippen LogP contribution in [-0.2, 0) is 11.2 Å². The molecular weight excluding hydrogens is 410 g/mol. The van der Waals surface area contributed by atoms with Crippen LogP contribution in [0.1, 0.15) is 21.5 Å². The lowest BCUT2D eigenvalue weighted by Gasteiger charge is -2.13. The van der Waals surface area contributed by atoms with Gasteiger partial charge in [0, 0.05) is 23.4 Å². The number of nitrogens with one attached hydrogen (secondary N) is 3. The van der Waals surface area contributed by atoms with E-state index in [0.29, 0.717) is 40.0 Å². The van der Waals surface area contributed by atoms with Crippen molar-refractivity contribution in [2.24, 2.45) is 10.7 Å². The number of nitrogen functional groups attached to an aromatic ring is 1. The number of guanidine groups is 1. The van der Waals surface area contributed by atoms with Crippen LogP contribution in [0.4, 0.5) is 5.69 Å². The highest BCUT2D eigenvalue weighted by atomic mass is 16.5. The van der Waals surface area contributed by atoms with Gasteiger partial charge < -0.3 is 26.2 Å². The highest BCUT2D eigenvalue weighted by Crippen LogP contribution is 2.30. The molecule has 0 bridgehead atoms. The number of carboxylic acid groups (broad SMARTS) is 1. The highest BCUT2D eigenvalue weighted by molar-refractivity contribution is 6.01. The van der Waals surface area contributed by atoms with Crippen LogP contribution in [0.15, 0.2) is 59.6 Å². The Kier molecular flexibility index (Phi) is 5.71. The van der Waals surface area contributed by atoms with Crippen LogP contribution in [0.2, 0.25) is 0 Å². The molecule has 0 saturated carbocycles. The SMILES string of the molecule is N=C(N)c1ccc2c(CC(=O)O)c(OC(=O)c3ccc(NC4=NCCN4)cc3)ccc2c1. The number of nitrogens with zero attached hydrogens (tertiary/aromatic N) is 1. The van der Waals surface area contributed by atoms with Crippen LogP contribution in [0, 0.1) is 5.41 Å². The Morgan fingerprint density at radius 3 is 2.53 bits per heavy atom. The number of rotatable bonds is 6. The van der Waals surface area contributed by atoms with Crippen LogP contribution in [-0.4, -0.2) is 41.9 Å². The van der Waals surface area contributed by atoms with Gasteiger partial charge in [0.2, 0.25) is 0 Å². The van der Waals surface area contributed by atoms with E-state index >= 15 is 0 Å². The number of aliphatic imine (C=N–C) groups is 1. The average molecular weight is 431 g/mol. The number of hydrogen-bond acceptors (Lipinski definition) is 7. The van der Waals surface area contributed by atoms with Crippen LogP contribution in [0.3, 0.4) is 0 Å². The third kappa shape index (κ3) is 4.51. The summed E-state index contributed by atoms with van der Waals surface area (Å²) in [6, 6.07) is 15.0. The van der Waals surface area contributed by atoms with Gasteiger partial charge in [0.1, 0.15) is 11.6 Å². The van der Waals surface area contributed by atoms with Gasteiger partial charge in [0.15, 0.2) is 5.96 Å². The van der Waals surface area contributed by atoms with Crippen LogP contribution in [0.5, 0.6) is 5.75 Å². The van der Waals surface area contributed by atoms with E-state index in [9.17, 15) is 14.7 Å². The number of amidine groups is 1. The molecule has 0 aromatic heterocycles. The summed E-state index contributed by atoms with van der Waals surface area (Å²) in [6.07, 6.45) is -0.322. The number of esters is 1. The molecule has 0 unspecified atom stereocenters. The molecule has 1 aliphatic heterocycles. The molecule has 6 N–H and O–H groups in total. The Balaban J connectivity index is 1.59. The van der Waals surface area contributed by atoms with Gasteiger partial charge in [-0.2, -0.15) is 0 Å². The normalized spacial score (nSPS) is 12.7. The molecule has 0 fully saturated rings. The molecule has 0 radical (unpaired) electrons. The summed E-state index contributed by atoms with van der Waals surface area (Å²) in [7, 11) is 0. The fraction of sp³-hybridized carbons (Fsp3) is 0.130. The maximum absolute atomic E-state index is 12.7. The first-order valence-electron chi connectivity index (χ1n) is 9.90. The topological polar surface area (TPSA) is 150 Å². The van der Waals surface area contributed by atoms with Gasteiger partial charge in [-0.1, -0.05) is 18.2 Å². The summed E-state index contributed by atoms with van der Waals surface area (Å²) in [5, 5.41) is 24.5. The summed E-state index contributed by atoms with van der Waals surface area (Å²) in [5.41, 5.74) is 7.54. The smallest absolute Gasteiger partial charge is 0.343 e. The van der Waals surface area contributed by atoms with E-state index in [4.69, 9.17) is 15.9 Å². The molecule has 1 aliphatic rings. The molecule has 0 spiro atoms. The summed E-state index contributed by atoms with van der Waals surface area (Å²) < 4.78 is 5.57. The molecule has 4 rings (SSSR count). The van der Waals surface area contributed by atoms with Crippen molar-refractivity contribution in [3.63, 3.8) is 0 Å². The number of aliphatic carboxylic acids is 1. The van der Waals surface area contributed by atoms with Crippen molar-refractivity contribution in [1.29, 1.82) is 5.41 Å². The lowest BCUT2D eigenvalue weighted by molar-refractivity contribution is -0.136. The van der Waals surface area contributed by atoms with E-state index in [-0.39, 0.29) is 18.0 Å². The number of nitrogens with two attached hydrogens (primary N) is 1. The number of carbonyl (C=O) groups excluding carboxylic acids is 1. The predicted octanol–water partition coefficient (Wildman–Crippen LogP) is 2.34. The second kappa shape index (κ2) is 8.76. The first-order valence-corrected chi connectivity index (χ1v) is 9.90. The second-order valence-corrected chi connectivity index (χ2v) is 7.21. The highest BCUT2D eigenvalue weighted by Gasteiger charge is 2.17. The van der Waals surface area contributed by atoms with Crippen molar-refractivity contribution >= 4 is 40.2 Å². The predicted molar refractivity (Wildman–Crippen MR) is 122 cm³/mol. The van der Waals surface area contributed by atoms with Crippen molar-refractivity contribution in [3.8, 4) is 5.75 Å². The van der Waals surface area contributed by atoms with E-state index in [1.165, 1.54) is 0 Å². The number of ether oxygens (including phenoxy) is 1. The molecule has 3 aromatic carbocycles. The van der Waals surface area contributed by atoms with Gasteiger partial charge >= 0.3 is 11.9 Å². The van der Waals surface area contributed by atoms with Gasteiger partial charge in [-0.25, -0.2) is 4.79 Å². The fourth-order valence-electron chi connectivity index (χ4n) is 3.44. The molecule has 0 amide bonds. The monoisotopic (exact) mass is 431 g/mol. The summed E-state index contributed by atoms with van der Waals surface area (Å²) >= 11 is 0. The van der Waals surface area contributed by atoms with Crippen molar-refractivity contribution < 1.29 is 19.4 Å². The number of anilines is 1. The Labute approximate surface area is 183 Å². The number of carbonyl (C=O) groups is 2. The molecule has 0 saturated heterocycles. The van der Waals surface area contributed by atoms with Gasteiger partial charge in [-0.15, -0.1) is 0 Å².